The summed E-state index contributed by atoms with van der Waals surface area (Å²) in [5.74, 6) is 0.341. The lowest BCUT2D eigenvalue weighted by Crippen LogP contribution is -2.59. The third kappa shape index (κ3) is 2.91. The van der Waals surface area contributed by atoms with Gasteiger partial charge in [0.25, 0.3) is 0 Å². The van der Waals surface area contributed by atoms with Crippen LogP contribution < -0.4 is 0 Å². The summed E-state index contributed by atoms with van der Waals surface area (Å²) in [6, 6.07) is 0.257. The fourth-order valence-corrected chi connectivity index (χ4v) is 3.07. The molecule has 0 N–H and O–H groups in total. The topological polar surface area (TPSA) is 43.9 Å². The minimum Gasteiger partial charge on any atom is -0.341 e. The van der Waals surface area contributed by atoms with E-state index in [1.54, 1.807) is 6.92 Å². The zero-order valence-corrected chi connectivity index (χ0v) is 12.3. The highest BCUT2D eigenvalue weighted by Crippen LogP contribution is 2.22. The molecule has 19 heavy (non-hydrogen) atoms. The number of nitrogens with zero attached hydrogens (tertiary/aromatic N) is 3. The molecule has 2 heterocycles. The summed E-state index contributed by atoms with van der Waals surface area (Å²) in [6.07, 6.45) is 2.97. The highest BCUT2D eigenvalue weighted by molar-refractivity contribution is 5.83. The maximum absolute atomic E-state index is 12.5. The number of piperidine rings is 1. The zero-order chi connectivity index (χ0) is 14.0. The predicted octanol–water partition coefficient (Wildman–Crippen LogP) is 0.550. The summed E-state index contributed by atoms with van der Waals surface area (Å²) >= 11 is 0. The van der Waals surface area contributed by atoms with Crippen LogP contribution in [-0.2, 0) is 9.59 Å². The van der Waals surface area contributed by atoms with Crippen LogP contribution in [0.5, 0.6) is 0 Å². The van der Waals surface area contributed by atoms with Crippen molar-refractivity contribution in [2.24, 2.45) is 0 Å². The number of carbonyl (C=O) groups excluding carboxylic acids is 2. The van der Waals surface area contributed by atoms with Crippen molar-refractivity contribution in [1.29, 1.82) is 0 Å². The Morgan fingerprint density at radius 2 is 2.00 bits per heavy atom. The highest BCUT2D eigenvalue weighted by atomic mass is 16.2. The van der Waals surface area contributed by atoms with Crippen LogP contribution in [0.3, 0.4) is 0 Å². The van der Waals surface area contributed by atoms with Crippen molar-refractivity contribution in [3.8, 4) is 0 Å². The van der Waals surface area contributed by atoms with Crippen LogP contribution in [0.4, 0.5) is 0 Å². The van der Waals surface area contributed by atoms with Crippen molar-refractivity contribution in [3.05, 3.63) is 0 Å². The molecule has 0 aromatic carbocycles. The lowest BCUT2D eigenvalue weighted by Gasteiger charge is -2.44. The molecule has 0 saturated carbocycles. The quantitative estimate of drug-likeness (QED) is 0.750. The molecule has 0 bridgehead atoms. The van der Waals surface area contributed by atoms with E-state index < -0.39 is 0 Å². The average molecular weight is 267 g/mol. The van der Waals surface area contributed by atoms with Crippen LogP contribution in [0.25, 0.3) is 0 Å². The molecule has 2 aliphatic heterocycles. The van der Waals surface area contributed by atoms with E-state index in [0.29, 0.717) is 6.54 Å². The van der Waals surface area contributed by atoms with Crippen molar-refractivity contribution in [1.82, 2.24) is 14.7 Å². The Bertz CT molecular complexity index is 357. The maximum atomic E-state index is 12.5. The summed E-state index contributed by atoms with van der Waals surface area (Å²) in [5, 5.41) is 0. The van der Waals surface area contributed by atoms with Crippen molar-refractivity contribution >= 4 is 11.8 Å². The van der Waals surface area contributed by atoms with E-state index in [0.717, 1.165) is 38.9 Å². The molecule has 0 radical (unpaired) electrons. The molecule has 5 heteroatoms. The van der Waals surface area contributed by atoms with E-state index in [-0.39, 0.29) is 23.9 Å². The third-order valence-corrected chi connectivity index (χ3v) is 4.56. The minimum atomic E-state index is 0.0719. The molecule has 0 aliphatic carbocycles. The Hall–Kier alpha value is -1.10. The first-order valence-corrected chi connectivity index (χ1v) is 7.30. The van der Waals surface area contributed by atoms with Crippen molar-refractivity contribution in [2.75, 3.05) is 33.2 Å². The molecule has 2 aliphatic rings. The van der Waals surface area contributed by atoms with Crippen LogP contribution in [0, 0.1) is 0 Å². The Labute approximate surface area is 115 Å². The first kappa shape index (κ1) is 14.3. The smallest absolute Gasteiger partial charge is 0.240 e. The van der Waals surface area contributed by atoms with Crippen LogP contribution in [0.2, 0.25) is 0 Å². The summed E-state index contributed by atoms with van der Waals surface area (Å²) in [4.78, 5) is 29.8. The molecule has 0 aromatic heterocycles. The van der Waals surface area contributed by atoms with Crippen LogP contribution in [0.1, 0.15) is 33.1 Å². The molecule has 2 fully saturated rings. The Kier molecular flexibility index (Phi) is 4.45. The molecule has 2 amide bonds. The standard InChI is InChI=1S/C14H25N3O2/c1-4-16-9-7-13(16)14(19)15(3)12-6-5-8-17(10-12)11(2)18/h12-13H,4-10H2,1-3H3. The first-order valence-electron chi connectivity index (χ1n) is 7.30. The maximum Gasteiger partial charge on any atom is 0.240 e. The van der Waals surface area contributed by atoms with E-state index in [1.807, 2.05) is 16.8 Å². The van der Waals surface area contributed by atoms with E-state index in [9.17, 15) is 9.59 Å². The number of amides is 2. The summed E-state index contributed by atoms with van der Waals surface area (Å²) in [7, 11) is 1.89. The van der Waals surface area contributed by atoms with Gasteiger partial charge in [0.15, 0.2) is 0 Å². The molecule has 5 nitrogen and oxygen atoms in total. The lowest BCUT2D eigenvalue weighted by atomic mass is 9.99. The Morgan fingerprint density at radius 3 is 2.53 bits per heavy atom. The van der Waals surface area contributed by atoms with Crippen LogP contribution >= 0.6 is 0 Å². The largest absolute Gasteiger partial charge is 0.341 e. The SMILES string of the molecule is CCN1CCC1C(=O)N(C)C1CCCN(C(C)=O)C1. The molecule has 108 valence electrons. The lowest BCUT2D eigenvalue weighted by molar-refractivity contribution is -0.145. The highest BCUT2D eigenvalue weighted by Gasteiger charge is 2.37. The molecule has 2 atom stereocenters. The van der Waals surface area contributed by atoms with Crippen molar-refractivity contribution in [2.45, 2.75) is 45.2 Å². The summed E-state index contributed by atoms with van der Waals surface area (Å²) in [6.45, 7) is 7.20. The minimum absolute atomic E-state index is 0.0719. The zero-order valence-electron chi connectivity index (χ0n) is 12.3. The molecule has 0 spiro atoms. The second-order valence-electron chi connectivity index (χ2n) is 5.64. The van der Waals surface area contributed by atoms with Crippen molar-refractivity contribution < 1.29 is 9.59 Å². The number of rotatable bonds is 3. The summed E-state index contributed by atoms with van der Waals surface area (Å²) in [5.41, 5.74) is 0. The van der Waals surface area contributed by atoms with Crippen LogP contribution in [0.15, 0.2) is 0 Å². The second kappa shape index (κ2) is 5.90. The van der Waals surface area contributed by atoms with Gasteiger partial charge in [-0.25, -0.2) is 0 Å². The van der Waals surface area contributed by atoms with Gasteiger partial charge in [0, 0.05) is 39.6 Å². The monoisotopic (exact) mass is 267 g/mol. The number of likely N-dealkylation sites (tertiary alicyclic amines) is 2. The van der Waals surface area contributed by atoms with E-state index in [4.69, 9.17) is 0 Å². The van der Waals surface area contributed by atoms with Gasteiger partial charge in [-0.15, -0.1) is 0 Å². The Morgan fingerprint density at radius 1 is 1.26 bits per heavy atom. The normalized spacial score (nSPS) is 27.8. The second-order valence-corrected chi connectivity index (χ2v) is 5.64. The van der Waals surface area contributed by atoms with Gasteiger partial charge in [0.2, 0.25) is 11.8 Å². The molecule has 2 unspecified atom stereocenters. The molecule has 2 saturated heterocycles. The fourth-order valence-electron chi connectivity index (χ4n) is 3.07. The van der Waals surface area contributed by atoms with E-state index in [2.05, 4.69) is 11.8 Å². The van der Waals surface area contributed by atoms with Crippen molar-refractivity contribution in [3.63, 3.8) is 0 Å². The van der Waals surface area contributed by atoms with Crippen LogP contribution in [-0.4, -0.2) is 71.8 Å². The van der Waals surface area contributed by atoms with Gasteiger partial charge in [-0.2, -0.15) is 0 Å². The fraction of sp³-hybridized carbons (Fsp3) is 0.857. The molecular formula is C14H25N3O2. The molecule has 2 rings (SSSR count). The number of hydrogen-bond acceptors (Lipinski definition) is 3. The van der Waals surface area contributed by atoms with Gasteiger partial charge >= 0.3 is 0 Å². The first-order chi connectivity index (χ1) is 9.04. The van der Waals surface area contributed by atoms with Gasteiger partial charge in [0.1, 0.15) is 0 Å². The Balaban J connectivity index is 1.93. The third-order valence-electron chi connectivity index (χ3n) is 4.56. The van der Waals surface area contributed by atoms with Gasteiger partial charge in [-0.1, -0.05) is 6.92 Å². The van der Waals surface area contributed by atoms with E-state index in [1.165, 1.54) is 0 Å². The average Bonchev–Trinajstić information content (AvgIpc) is 2.37. The van der Waals surface area contributed by atoms with Gasteiger partial charge in [-0.3, -0.25) is 14.5 Å². The van der Waals surface area contributed by atoms with Gasteiger partial charge < -0.3 is 9.80 Å². The van der Waals surface area contributed by atoms with Gasteiger partial charge in [0.05, 0.1) is 6.04 Å². The van der Waals surface area contributed by atoms with Gasteiger partial charge in [-0.05, 0) is 25.8 Å². The number of carbonyl (C=O) groups is 2. The number of hydrogen-bond donors (Lipinski definition) is 0. The predicted molar refractivity (Wildman–Crippen MR) is 73.7 cm³/mol. The molecule has 0 aromatic rings. The summed E-state index contributed by atoms with van der Waals surface area (Å²) < 4.78 is 0. The van der Waals surface area contributed by atoms with E-state index >= 15 is 0 Å². The number of likely N-dealkylation sites (N-methyl/N-ethyl adjacent to an activating group) is 2. The molecular weight excluding hydrogens is 242 g/mol.